The standard InChI is InChI=1S/C39H48BrN3O9/c1-6-9-15-30(45)41-29(23-49-4)33(24-13-11-10-12-14-24)51-38(48)31-32-36(46)43(25(8-3)22-44)35(39(32)21-28(40)34(31)52-39)37(47)42(20-7-2)26-16-18-27(50-5)19-17-26/h6-7,10-14,16-19,25,28-29,31-35,44H,1-2,8-9,15,20-23H2,3-5H3,(H,41,45)/t25-,28?,29+,31+,32-,33+,34+,35+,39-/m0/s1. The van der Waals surface area contributed by atoms with Gasteiger partial charge in [-0.1, -0.05) is 65.3 Å². The number of fused-ring (bicyclic) bond motifs is 1. The number of likely N-dealkylation sites (tertiary alicyclic amines) is 1. The van der Waals surface area contributed by atoms with Crippen LogP contribution in [0.3, 0.4) is 0 Å². The molecule has 13 heteroatoms. The van der Waals surface area contributed by atoms with Crippen LogP contribution >= 0.6 is 15.9 Å². The van der Waals surface area contributed by atoms with E-state index in [9.17, 15) is 24.3 Å². The Kier molecular flexibility index (Phi) is 13.0. The molecule has 3 saturated heterocycles. The first kappa shape index (κ1) is 39.2. The Labute approximate surface area is 313 Å². The summed E-state index contributed by atoms with van der Waals surface area (Å²) in [6.07, 6.45) is 2.76. The molecule has 280 valence electrons. The molecule has 3 aliphatic heterocycles. The van der Waals surface area contributed by atoms with Crippen molar-refractivity contribution in [2.24, 2.45) is 11.8 Å². The van der Waals surface area contributed by atoms with Gasteiger partial charge in [-0.05, 0) is 49.1 Å². The van der Waals surface area contributed by atoms with E-state index in [-0.39, 0.29) is 31.9 Å². The molecule has 3 fully saturated rings. The van der Waals surface area contributed by atoms with Gasteiger partial charge in [-0.25, -0.2) is 0 Å². The number of alkyl halides is 1. The number of rotatable bonds is 18. The van der Waals surface area contributed by atoms with E-state index in [0.29, 0.717) is 29.8 Å². The number of aliphatic hydroxyl groups is 1. The number of anilines is 1. The lowest BCUT2D eigenvalue weighted by Crippen LogP contribution is -2.59. The Hall–Kier alpha value is -4.04. The molecule has 5 rings (SSSR count). The smallest absolute Gasteiger partial charge is 0.313 e. The van der Waals surface area contributed by atoms with Crippen molar-refractivity contribution >= 4 is 45.3 Å². The molecule has 12 nitrogen and oxygen atoms in total. The van der Waals surface area contributed by atoms with Crippen LogP contribution in [-0.2, 0) is 33.4 Å². The molecular weight excluding hydrogens is 734 g/mol. The Morgan fingerprint density at radius 1 is 1.13 bits per heavy atom. The van der Waals surface area contributed by atoms with E-state index in [1.54, 1.807) is 67.8 Å². The molecule has 2 N–H and O–H groups in total. The molecular formula is C39H48BrN3O9. The SMILES string of the molecule is C=CCCC(=O)N[C@H](COC)[C@H](OC(=O)[C@H]1[C@@H]2O[C@@]3(CC2Br)[C@@H]1C(=O)N([C@@H](CC)CO)[C@@H]3C(=O)N(CC=C)c1ccc(OC)cc1)c1ccccc1. The van der Waals surface area contributed by atoms with Gasteiger partial charge in [-0.15, -0.1) is 13.2 Å². The molecule has 0 aliphatic carbocycles. The average Bonchev–Trinajstić information content (AvgIpc) is 3.75. The number of hydrogen-bond donors (Lipinski definition) is 2. The zero-order chi connectivity index (χ0) is 37.6. The van der Waals surface area contributed by atoms with Crippen molar-refractivity contribution in [2.45, 2.75) is 73.4 Å². The Morgan fingerprint density at radius 3 is 2.44 bits per heavy atom. The summed E-state index contributed by atoms with van der Waals surface area (Å²) in [6.45, 7) is 9.15. The number of nitrogens with one attached hydrogen (secondary N) is 1. The highest BCUT2D eigenvalue weighted by molar-refractivity contribution is 9.09. The lowest BCUT2D eigenvalue weighted by atomic mass is 9.70. The predicted octanol–water partition coefficient (Wildman–Crippen LogP) is 4.12. The van der Waals surface area contributed by atoms with Gasteiger partial charge in [0, 0.05) is 30.6 Å². The lowest BCUT2D eigenvalue weighted by Gasteiger charge is -2.39. The third-order valence-electron chi connectivity index (χ3n) is 10.3. The van der Waals surface area contributed by atoms with Crippen molar-refractivity contribution < 1.29 is 43.2 Å². The molecule has 3 heterocycles. The number of allylic oxidation sites excluding steroid dienone is 1. The number of ether oxygens (including phenoxy) is 4. The van der Waals surface area contributed by atoms with Crippen LogP contribution in [0.25, 0.3) is 0 Å². The normalized spacial score (nSPS) is 26.2. The number of esters is 1. The molecule has 0 aromatic heterocycles. The fraction of sp³-hybridized carbons (Fsp3) is 0.487. The Morgan fingerprint density at radius 2 is 1.85 bits per heavy atom. The van der Waals surface area contributed by atoms with Crippen LogP contribution in [-0.4, -0.2) is 102 Å². The highest BCUT2D eigenvalue weighted by atomic mass is 79.9. The number of carbonyl (C=O) groups excluding carboxylic acids is 4. The minimum atomic E-state index is -1.40. The second kappa shape index (κ2) is 17.2. The Bertz CT molecular complexity index is 1600. The molecule has 2 aromatic rings. The zero-order valence-corrected chi connectivity index (χ0v) is 31.4. The van der Waals surface area contributed by atoms with Crippen molar-refractivity contribution in [3.63, 3.8) is 0 Å². The van der Waals surface area contributed by atoms with Gasteiger partial charge in [0.25, 0.3) is 5.91 Å². The summed E-state index contributed by atoms with van der Waals surface area (Å²) in [4.78, 5) is 59.7. The third-order valence-corrected chi connectivity index (χ3v) is 11.1. The summed E-state index contributed by atoms with van der Waals surface area (Å²) < 4.78 is 23.8. The van der Waals surface area contributed by atoms with Gasteiger partial charge in [0.1, 0.15) is 23.5 Å². The van der Waals surface area contributed by atoms with Gasteiger partial charge in [-0.2, -0.15) is 0 Å². The number of halogens is 1. The summed E-state index contributed by atoms with van der Waals surface area (Å²) in [5, 5.41) is 13.5. The topological polar surface area (TPSA) is 144 Å². The van der Waals surface area contributed by atoms with Crippen LogP contribution in [0.5, 0.6) is 5.75 Å². The predicted molar refractivity (Wildman–Crippen MR) is 198 cm³/mol. The van der Waals surface area contributed by atoms with E-state index in [4.69, 9.17) is 18.9 Å². The maximum Gasteiger partial charge on any atom is 0.313 e. The van der Waals surface area contributed by atoms with E-state index in [0.717, 1.165) is 0 Å². The number of carbonyl (C=O) groups is 4. The molecule has 2 bridgehead atoms. The van der Waals surface area contributed by atoms with E-state index < -0.39 is 77.0 Å². The fourth-order valence-corrected chi connectivity index (χ4v) is 8.85. The molecule has 3 aliphatic rings. The minimum absolute atomic E-state index is 0.0359. The van der Waals surface area contributed by atoms with Gasteiger partial charge in [-0.3, -0.25) is 19.2 Å². The number of amides is 3. The number of nitrogens with zero attached hydrogens (tertiary/aromatic N) is 2. The summed E-state index contributed by atoms with van der Waals surface area (Å²) >= 11 is 3.72. The van der Waals surface area contributed by atoms with Gasteiger partial charge < -0.3 is 39.2 Å². The molecule has 9 atom stereocenters. The molecule has 2 aromatic carbocycles. The average molecular weight is 783 g/mol. The summed E-state index contributed by atoms with van der Waals surface area (Å²) in [5.74, 6) is -3.41. The van der Waals surface area contributed by atoms with E-state index in [2.05, 4.69) is 34.4 Å². The van der Waals surface area contributed by atoms with Crippen molar-refractivity contribution in [1.82, 2.24) is 10.2 Å². The number of methoxy groups -OCH3 is 2. The van der Waals surface area contributed by atoms with Crippen molar-refractivity contribution in [3.8, 4) is 5.75 Å². The van der Waals surface area contributed by atoms with Crippen LogP contribution in [0.4, 0.5) is 5.69 Å². The Balaban J connectivity index is 1.54. The monoisotopic (exact) mass is 781 g/mol. The first-order valence-electron chi connectivity index (χ1n) is 17.6. The zero-order valence-electron chi connectivity index (χ0n) is 29.8. The summed E-state index contributed by atoms with van der Waals surface area (Å²) in [7, 11) is 3.04. The lowest BCUT2D eigenvalue weighted by molar-refractivity contribution is -0.163. The quantitative estimate of drug-likeness (QED) is 0.130. The molecule has 1 spiro atoms. The van der Waals surface area contributed by atoms with Crippen molar-refractivity contribution in [3.05, 3.63) is 85.5 Å². The molecule has 3 amide bonds. The third kappa shape index (κ3) is 7.41. The molecule has 52 heavy (non-hydrogen) atoms. The maximum absolute atomic E-state index is 14.9. The van der Waals surface area contributed by atoms with Crippen LogP contribution in [0.1, 0.15) is 44.3 Å². The van der Waals surface area contributed by atoms with Crippen molar-refractivity contribution in [1.29, 1.82) is 0 Å². The van der Waals surface area contributed by atoms with Gasteiger partial charge in [0.15, 0.2) is 0 Å². The van der Waals surface area contributed by atoms with Crippen molar-refractivity contribution in [2.75, 3.05) is 38.9 Å². The molecule has 1 unspecified atom stereocenters. The van der Waals surface area contributed by atoms with E-state index in [1.165, 1.54) is 16.9 Å². The number of benzene rings is 2. The maximum atomic E-state index is 14.9. The highest BCUT2D eigenvalue weighted by Crippen LogP contribution is 2.61. The van der Waals surface area contributed by atoms with Crippen LogP contribution < -0.4 is 15.0 Å². The summed E-state index contributed by atoms with van der Waals surface area (Å²) in [5.41, 5.74) is -0.230. The number of hydrogen-bond acceptors (Lipinski definition) is 9. The fourth-order valence-electron chi connectivity index (χ4n) is 7.91. The van der Waals surface area contributed by atoms with Gasteiger partial charge >= 0.3 is 5.97 Å². The second-order valence-electron chi connectivity index (χ2n) is 13.3. The van der Waals surface area contributed by atoms with E-state index >= 15 is 0 Å². The van der Waals surface area contributed by atoms with Crippen LogP contribution in [0, 0.1) is 11.8 Å². The molecule has 0 saturated carbocycles. The second-order valence-corrected chi connectivity index (χ2v) is 14.5. The molecule has 0 radical (unpaired) electrons. The highest BCUT2D eigenvalue weighted by Gasteiger charge is 2.77. The largest absolute Gasteiger partial charge is 0.497 e. The van der Waals surface area contributed by atoms with Gasteiger partial charge in [0.05, 0.1) is 50.3 Å². The number of aliphatic hydroxyl groups excluding tert-OH is 1. The summed E-state index contributed by atoms with van der Waals surface area (Å²) in [6, 6.07) is 13.3. The van der Waals surface area contributed by atoms with Crippen LogP contribution in [0.15, 0.2) is 79.9 Å². The van der Waals surface area contributed by atoms with E-state index in [1.807, 2.05) is 13.0 Å². The first-order valence-corrected chi connectivity index (χ1v) is 18.5. The first-order chi connectivity index (χ1) is 25.1. The van der Waals surface area contributed by atoms with Gasteiger partial charge in [0.2, 0.25) is 11.8 Å². The minimum Gasteiger partial charge on any atom is -0.497 e. The van der Waals surface area contributed by atoms with Crippen LogP contribution in [0.2, 0.25) is 0 Å².